The molecule has 2 aromatic rings. The first-order valence-corrected chi connectivity index (χ1v) is 9.98. The SMILES string of the molecule is O=C(NCc1ccccc1)C1CCN(S(=O)(=O)c2cccc(F)c2)CC1. The molecule has 1 aliphatic heterocycles. The fourth-order valence-electron chi connectivity index (χ4n) is 3.06. The maximum absolute atomic E-state index is 13.3. The molecule has 0 radical (unpaired) electrons. The van der Waals surface area contributed by atoms with Gasteiger partial charge in [-0.3, -0.25) is 4.79 Å². The van der Waals surface area contributed by atoms with E-state index < -0.39 is 15.8 Å². The van der Waals surface area contributed by atoms with E-state index in [9.17, 15) is 17.6 Å². The first-order chi connectivity index (χ1) is 12.5. The highest BCUT2D eigenvalue weighted by Crippen LogP contribution is 2.24. The van der Waals surface area contributed by atoms with Crippen LogP contribution in [0.4, 0.5) is 4.39 Å². The number of amides is 1. The smallest absolute Gasteiger partial charge is 0.243 e. The molecule has 5 nitrogen and oxygen atoms in total. The van der Waals surface area contributed by atoms with Gasteiger partial charge in [0.1, 0.15) is 5.82 Å². The minimum Gasteiger partial charge on any atom is -0.352 e. The van der Waals surface area contributed by atoms with E-state index in [1.807, 2.05) is 30.3 Å². The van der Waals surface area contributed by atoms with Gasteiger partial charge in [0.05, 0.1) is 4.90 Å². The number of sulfonamides is 1. The molecule has 0 atom stereocenters. The first-order valence-electron chi connectivity index (χ1n) is 8.54. The predicted molar refractivity (Wildman–Crippen MR) is 96.2 cm³/mol. The summed E-state index contributed by atoms with van der Waals surface area (Å²) in [6.45, 7) is 0.964. The summed E-state index contributed by atoms with van der Waals surface area (Å²) < 4.78 is 39.8. The topological polar surface area (TPSA) is 66.5 Å². The normalized spacial score (nSPS) is 16.3. The second kappa shape index (κ2) is 7.97. The summed E-state index contributed by atoms with van der Waals surface area (Å²) in [5.74, 6) is -0.851. The van der Waals surface area contributed by atoms with Gasteiger partial charge in [0.15, 0.2) is 0 Å². The summed E-state index contributed by atoms with van der Waals surface area (Å²) in [5, 5.41) is 2.90. The third-order valence-electron chi connectivity index (χ3n) is 4.57. The lowest BCUT2D eigenvalue weighted by Crippen LogP contribution is -2.42. The van der Waals surface area contributed by atoms with Crippen molar-refractivity contribution in [3.05, 3.63) is 66.0 Å². The van der Waals surface area contributed by atoms with Crippen LogP contribution in [0.25, 0.3) is 0 Å². The van der Waals surface area contributed by atoms with Crippen molar-refractivity contribution in [3.63, 3.8) is 0 Å². The van der Waals surface area contributed by atoms with E-state index in [2.05, 4.69) is 5.32 Å². The fraction of sp³-hybridized carbons (Fsp3) is 0.316. The molecule has 138 valence electrons. The zero-order valence-electron chi connectivity index (χ0n) is 14.3. The maximum Gasteiger partial charge on any atom is 0.243 e. The summed E-state index contributed by atoms with van der Waals surface area (Å²) in [4.78, 5) is 12.3. The molecule has 0 spiro atoms. The van der Waals surface area contributed by atoms with E-state index in [0.717, 1.165) is 11.6 Å². The van der Waals surface area contributed by atoms with Gasteiger partial charge >= 0.3 is 0 Å². The van der Waals surface area contributed by atoms with Crippen LogP contribution in [-0.4, -0.2) is 31.7 Å². The van der Waals surface area contributed by atoms with E-state index in [1.54, 1.807) is 0 Å². The molecule has 1 saturated heterocycles. The van der Waals surface area contributed by atoms with Gasteiger partial charge in [0.25, 0.3) is 0 Å². The van der Waals surface area contributed by atoms with Gasteiger partial charge in [-0.05, 0) is 36.6 Å². The Morgan fingerprint density at radius 2 is 1.77 bits per heavy atom. The largest absolute Gasteiger partial charge is 0.352 e. The van der Waals surface area contributed by atoms with Gasteiger partial charge in [0, 0.05) is 25.6 Å². The number of halogens is 1. The van der Waals surface area contributed by atoms with Crippen LogP contribution in [0.15, 0.2) is 59.5 Å². The van der Waals surface area contributed by atoms with Gasteiger partial charge in [-0.15, -0.1) is 0 Å². The molecule has 1 aliphatic rings. The van der Waals surface area contributed by atoms with E-state index >= 15 is 0 Å². The molecular formula is C19H21FN2O3S. The number of carbonyl (C=O) groups is 1. The summed E-state index contributed by atoms with van der Waals surface area (Å²) >= 11 is 0. The predicted octanol–water partition coefficient (Wildman–Crippen LogP) is 2.54. The Bertz CT molecular complexity index is 863. The lowest BCUT2D eigenvalue weighted by Gasteiger charge is -2.30. The van der Waals surface area contributed by atoms with Crippen molar-refractivity contribution in [1.82, 2.24) is 9.62 Å². The molecule has 2 aromatic carbocycles. The molecule has 0 unspecified atom stereocenters. The van der Waals surface area contributed by atoms with Gasteiger partial charge in [-0.2, -0.15) is 4.31 Å². The number of piperidine rings is 1. The van der Waals surface area contributed by atoms with E-state index in [-0.39, 0.29) is 29.8 Å². The number of nitrogens with one attached hydrogen (secondary N) is 1. The minimum atomic E-state index is -3.73. The van der Waals surface area contributed by atoms with Crippen LogP contribution < -0.4 is 5.32 Å². The minimum absolute atomic E-state index is 0.0514. The van der Waals surface area contributed by atoms with E-state index in [1.165, 1.54) is 22.5 Å². The van der Waals surface area contributed by atoms with Crippen LogP contribution >= 0.6 is 0 Å². The summed E-state index contributed by atoms with van der Waals surface area (Å²) in [7, 11) is -3.73. The Labute approximate surface area is 152 Å². The Balaban J connectivity index is 1.56. The van der Waals surface area contributed by atoms with Crippen LogP contribution in [0.1, 0.15) is 18.4 Å². The van der Waals surface area contributed by atoms with Gasteiger partial charge in [-0.1, -0.05) is 36.4 Å². The van der Waals surface area contributed by atoms with Crippen molar-refractivity contribution in [2.24, 2.45) is 5.92 Å². The number of hydrogen-bond donors (Lipinski definition) is 1. The summed E-state index contributed by atoms with van der Waals surface area (Å²) in [6, 6.07) is 14.6. The van der Waals surface area contributed by atoms with Crippen molar-refractivity contribution < 1.29 is 17.6 Å². The first kappa shape index (κ1) is 18.5. The third kappa shape index (κ3) is 4.28. The molecule has 1 N–H and O–H groups in total. The van der Waals surface area contributed by atoms with E-state index in [0.29, 0.717) is 19.4 Å². The van der Waals surface area contributed by atoms with Crippen molar-refractivity contribution >= 4 is 15.9 Å². The summed E-state index contributed by atoms with van der Waals surface area (Å²) in [6.07, 6.45) is 0.907. The highest BCUT2D eigenvalue weighted by Gasteiger charge is 2.32. The van der Waals surface area contributed by atoms with Crippen molar-refractivity contribution in [1.29, 1.82) is 0 Å². The molecule has 1 amide bonds. The molecule has 1 heterocycles. The van der Waals surface area contributed by atoms with Crippen molar-refractivity contribution in [2.45, 2.75) is 24.3 Å². The van der Waals surface area contributed by atoms with Gasteiger partial charge < -0.3 is 5.32 Å². The Hall–Kier alpha value is -2.25. The number of rotatable bonds is 5. The van der Waals surface area contributed by atoms with Crippen LogP contribution in [0.2, 0.25) is 0 Å². The number of benzene rings is 2. The average Bonchev–Trinajstić information content (AvgIpc) is 2.67. The van der Waals surface area contributed by atoms with E-state index in [4.69, 9.17) is 0 Å². The quantitative estimate of drug-likeness (QED) is 0.872. The summed E-state index contributed by atoms with van der Waals surface area (Å²) in [5.41, 5.74) is 1.02. The van der Waals surface area contributed by atoms with Gasteiger partial charge in [0.2, 0.25) is 15.9 Å². The zero-order valence-corrected chi connectivity index (χ0v) is 15.1. The second-order valence-corrected chi connectivity index (χ2v) is 8.28. The van der Waals surface area contributed by atoms with Crippen LogP contribution in [0, 0.1) is 11.7 Å². The molecule has 7 heteroatoms. The molecule has 26 heavy (non-hydrogen) atoms. The van der Waals surface area contributed by atoms with Crippen LogP contribution in [0.5, 0.6) is 0 Å². The monoisotopic (exact) mass is 376 g/mol. The van der Waals surface area contributed by atoms with Crippen molar-refractivity contribution in [2.75, 3.05) is 13.1 Å². The Kier molecular flexibility index (Phi) is 5.68. The third-order valence-corrected chi connectivity index (χ3v) is 6.46. The highest BCUT2D eigenvalue weighted by atomic mass is 32.2. The number of hydrogen-bond acceptors (Lipinski definition) is 3. The molecule has 0 saturated carbocycles. The second-order valence-electron chi connectivity index (χ2n) is 6.34. The fourth-order valence-corrected chi connectivity index (χ4v) is 4.57. The average molecular weight is 376 g/mol. The molecule has 3 rings (SSSR count). The van der Waals surface area contributed by atoms with Gasteiger partial charge in [-0.25, -0.2) is 12.8 Å². The standard InChI is InChI=1S/C19H21FN2O3S/c20-17-7-4-8-18(13-17)26(24,25)22-11-9-16(10-12-22)19(23)21-14-15-5-2-1-3-6-15/h1-8,13,16H,9-12,14H2,(H,21,23). The molecule has 0 bridgehead atoms. The molecular weight excluding hydrogens is 355 g/mol. The zero-order chi connectivity index (χ0) is 18.6. The number of carbonyl (C=O) groups excluding carboxylic acids is 1. The highest BCUT2D eigenvalue weighted by molar-refractivity contribution is 7.89. The van der Waals surface area contributed by atoms with Crippen LogP contribution in [-0.2, 0) is 21.4 Å². The van der Waals surface area contributed by atoms with Crippen LogP contribution in [0.3, 0.4) is 0 Å². The Morgan fingerprint density at radius 3 is 2.42 bits per heavy atom. The lowest BCUT2D eigenvalue weighted by atomic mass is 9.97. The molecule has 0 aliphatic carbocycles. The lowest BCUT2D eigenvalue weighted by molar-refractivity contribution is -0.126. The molecule has 1 fully saturated rings. The Morgan fingerprint density at radius 1 is 1.08 bits per heavy atom. The molecule has 0 aromatic heterocycles. The van der Waals surface area contributed by atoms with Crippen molar-refractivity contribution in [3.8, 4) is 0 Å². The number of nitrogens with zero attached hydrogens (tertiary/aromatic N) is 1. The maximum atomic E-state index is 13.3.